The minimum atomic E-state index is -0.847. The number of benzene rings is 1. The third-order valence-corrected chi connectivity index (χ3v) is 9.65. The van der Waals surface area contributed by atoms with Crippen molar-refractivity contribution in [3.63, 3.8) is 0 Å². The van der Waals surface area contributed by atoms with E-state index in [1.165, 1.54) is 24.7 Å². The number of nitrogen functional groups attached to an aromatic ring is 1. The van der Waals surface area contributed by atoms with Crippen LogP contribution in [0.3, 0.4) is 0 Å². The van der Waals surface area contributed by atoms with E-state index in [0.29, 0.717) is 35.8 Å². The Bertz CT molecular complexity index is 1530. The molecule has 2 saturated carbocycles. The van der Waals surface area contributed by atoms with Crippen molar-refractivity contribution in [3.05, 3.63) is 48.2 Å². The average Bonchev–Trinajstić information content (AvgIpc) is 3.59. The van der Waals surface area contributed by atoms with Crippen LogP contribution in [0.2, 0.25) is 0 Å². The summed E-state index contributed by atoms with van der Waals surface area (Å²) in [6, 6.07) is 8.76. The molecule has 0 amide bonds. The lowest BCUT2D eigenvalue weighted by molar-refractivity contribution is -0.0132. The van der Waals surface area contributed by atoms with E-state index < -0.39 is 12.2 Å². The van der Waals surface area contributed by atoms with E-state index >= 15 is 0 Å². The molecule has 2 aliphatic carbocycles. The first-order valence-electron chi connectivity index (χ1n) is 15.6. The molecule has 0 radical (unpaired) electrons. The number of fused-ring (bicyclic) bond motifs is 2. The van der Waals surface area contributed by atoms with Gasteiger partial charge in [0.25, 0.3) is 0 Å². The Morgan fingerprint density at radius 2 is 1.88 bits per heavy atom. The Hall–Kier alpha value is -3.01. The highest BCUT2D eigenvalue weighted by Gasteiger charge is 2.45. The molecule has 0 bridgehead atoms. The summed E-state index contributed by atoms with van der Waals surface area (Å²) < 4.78 is 1.97. The summed E-state index contributed by atoms with van der Waals surface area (Å²) in [7, 11) is 0. The first-order chi connectivity index (χ1) is 20.0. The SMILES string of the molecule is CC(C)CN(C[C@H]1C[C@@H](n2ccc3c(N)ncnc32)[C@H](O)[C@@H]1O)[C@H]1C[C@@H](CCc2nc3cc(C(C)(C)C)ccc3[nH]2)C1. The van der Waals surface area contributed by atoms with Crippen LogP contribution >= 0.6 is 0 Å². The number of aromatic amines is 1. The highest BCUT2D eigenvalue weighted by molar-refractivity contribution is 5.86. The maximum Gasteiger partial charge on any atom is 0.145 e. The minimum Gasteiger partial charge on any atom is -0.390 e. The fraction of sp³-hybridized carbons (Fsp3) is 0.606. The number of nitrogens with one attached hydrogen (secondary N) is 1. The summed E-state index contributed by atoms with van der Waals surface area (Å²) in [4.78, 5) is 19.5. The molecular formula is C33H47N7O2. The second kappa shape index (κ2) is 11.2. The number of aliphatic hydroxyl groups excluding tert-OH is 2. The van der Waals surface area contributed by atoms with Gasteiger partial charge < -0.3 is 25.5 Å². The number of hydrogen-bond acceptors (Lipinski definition) is 7. The van der Waals surface area contributed by atoms with Crippen LogP contribution < -0.4 is 5.73 Å². The molecule has 9 heteroatoms. The Kier molecular flexibility index (Phi) is 7.79. The molecule has 2 aliphatic rings. The first kappa shape index (κ1) is 29.1. The van der Waals surface area contributed by atoms with E-state index in [2.05, 4.69) is 72.7 Å². The number of anilines is 1. The van der Waals surface area contributed by atoms with Crippen LogP contribution in [0.25, 0.3) is 22.1 Å². The Labute approximate surface area is 248 Å². The van der Waals surface area contributed by atoms with Gasteiger partial charge in [-0.25, -0.2) is 15.0 Å². The number of hydrogen-bond donors (Lipinski definition) is 4. The second-order valence-electron chi connectivity index (χ2n) is 14.3. The predicted molar refractivity (Wildman–Crippen MR) is 167 cm³/mol. The minimum absolute atomic E-state index is 0.00651. The van der Waals surface area contributed by atoms with Gasteiger partial charge in [0.15, 0.2) is 0 Å². The van der Waals surface area contributed by atoms with Crippen LogP contribution in [-0.4, -0.2) is 71.0 Å². The molecule has 0 aliphatic heterocycles. The van der Waals surface area contributed by atoms with Crippen molar-refractivity contribution in [1.29, 1.82) is 0 Å². The quantitative estimate of drug-likeness (QED) is 0.226. The number of rotatable bonds is 9. The zero-order valence-corrected chi connectivity index (χ0v) is 25.7. The normalized spacial score (nSPS) is 26.6. The summed E-state index contributed by atoms with van der Waals surface area (Å²) >= 11 is 0. The summed E-state index contributed by atoms with van der Waals surface area (Å²) in [5.74, 6) is 2.72. The Morgan fingerprint density at radius 1 is 1.10 bits per heavy atom. The van der Waals surface area contributed by atoms with Crippen LogP contribution in [-0.2, 0) is 11.8 Å². The van der Waals surface area contributed by atoms with Crippen molar-refractivity contribution in [3.8, 4) is 0 Å². The molecule has 0 spiro atoms. The van der Waals surface area contributed by atoms with Crippen LogP contribution in [0.1, 0.15) is 77.7 Å². The van der Waals surface area contributed by atoms with Gasteiger partial charge in [-0.05, 0) is 66.7 Å². The molecule has 6 rings (SSSR count). The van der Waals surface area contributed by atoms with Gasteiger partial charge in [-0.15, -0.1) is 0 Å². The van der Waals surface area contributed by atoms with E-state index in [4.69, 9.17) is 10.7 Å². The van der Waals surface area contributed by atoms with Gasteiger partial charge in [0, 0.05) is 37.7 Å². The molecule has 5 N–H and O–H groups in total. The highest BCUT2D eigenvalue weighted by Crippen LogP contribution is 2.41. The lowest BCUT2D eigenvalue weighted by Crippen LogP contribution is -2.49. The topological polar surface area (TPSA) is 129 Å². The molecule has 4 atom stereocenters. The lowest BCUT2D eigenvalue weighted by atomic mass is 9.76. The van der Waals surface area contributed by atoms with E-state index in [1.54, 1.807) is 0 Å². The fourth-order valence-corrected chi connectivity index (χ4v) is 7.18. The maximum absolute atomic E-state index is 11.1. The molecule has 0 saturated heterocycles. The highest BCUT2D eigenvalue weighted by atomic mass is 16.3. The third-order valence-electron chi connectivity index (χ3n) is 9.65. The van der Waals surface area contributed by atoms with Crippen LogP contribution in [0.5, 0.6) is 0 Å². The smallest absolute Gasteiger partial charge is 0.145 e. The van der Waals surface area contributed by atoms with Gasteiger partial charge in [-0.2, -0.15) is 0 Å². The van der Waals surface area contributed by atoms with E-state index in [-0.39, 0.29) is 17.4 Å². The molecule has 2 fully saturated rings. The molecule has 1 aromatic carbocycles. The summed E-state index contributed by atoms with van der Waals surface area (Å²) in [5, 5.41) is 23.0. The summed E-state index contributed by atoms with van der Waals surface area (Å²) in [6.07, 6.45) is 6.90. The van der Waals surface area contributed by atoms with Crippen molar-refractivity contribution >= 4 is 27.9 Å². The predicted octanol–water partition coefficient (Wildman–Crippen LogP) is 4.84. The second-order valence-corrected chi connectivity index (χ2v) is 14.3. The Morgan fingerprint density at radius 3 is 2.62 bits per heavy atom. The van der Waals surface area contributed by atoms with E-state index in [1.807, 2.05) is 16.8 Å². The summed E-state index contributed by atoms with van der Waals surface area (Å²) in [5.41, 5.74) is 10.4. The summed E-state index contributed by atoms with van der Waals surface area (Å²) in [6.45, 7) is 13.0. The van der Waals surface area contributed by atoms with Gasteiger partial charge in [0.1, 0.15) is 29.7 Å². The zero-order valence-electron chi connectivity index (χ0n) is 25.7. The molecular weight excluding hydrogens is 526 g/mol. The third kappa shape index (κ3) is 5.66. The number of aryl methyl sites for hydroxylation is 1. The number of H-pyrrole nitrogens is 1. The van der Waals surface area contributed by atoms with Crippen LogP contribution in [0.4, 0.5) is 5.82 Å². The van der Waals surface area contributed by atoms with E-state index in [0.717, 1.165) is 48.2 Å². The van der Waals surface area contributed by atoms with Gasteiger partial charge >= 0.3 is 0 Å². The van der Waals surface area contributed by atoms with Crippen molar-refractivity contribution in [2.24, 2.45) is 17.8 Å². The molecule has 0 unspecified atom stereocenters. The number of imidazole rings is 1. The molecule has 42 heavy (non-hydrogen) atoms. The fourth-order valence-electron chi connectivity index (χ4n) is 7.18. The number of nitrogens with zero attached hydrogens (tertiary/aromatic N) is 5. The average molecular weight is 574 g/mol. The molecule has 4 aromatic rings. The number of aliphatic hydroxyl groups is 2. The van der Waals surface area contributed by atoms with Crippen molar-refractivity contribution in [1.82, 2.24) is 29.4 Å². The number of aromatic nitrogens is 5. The van der Waals surface area contributed by atoms with Gasteiger partial charge in [0.05, 0.1) is 28.6 Å². The van der Waals surface area contributed by atoms with Gasteiger partial charge in [-0.3, -0.25) is 4.90 Å². The van der Waals surface area contributed by atoms with Gasteiger partial charge in [-0.1, -0.05) is 40.7 Å². The van der Waals surface area contributed by atoms with Crippen molar-refractivity contribution < 1.29 is 10.2 Å². The molecule has 9 nitrogen and oxygen atoms in total. The van der Waals surface area contributed by atoms with Crippen LogP contribution in [0.15, 0.2) is 36.8 Å². The Balaban J connectivity index is 1.07. The monoisotopic (exact) mass is 573 g/mol. The van der Waals surface area contributed by atoms with E-state index in [9.17, 15) is 10.2 Å². The largest absolute Gasteiger partial charge is 0.390 e. The van der Waals surface area contributed by atoms with Crippen LogP contribution in [0, 0.1) is 17.8 Å². The first-order valence-corrected chi connectivity index (χ1v) is 15.6. The maximum atomic E-state index is 11.1. The number of nitrogens with two attached hydrogens (primary N) is 1. The zero-order chi connectivity index (χ0) is 29.8. The standard InChI is InChI=1S/C33H47N7O2/c1-19(2)16-39(17-21-14-27(30(42)29(21)41)40-11-10-24-31(34)35-18-36-32(24)40)23-12-20(13-23)6-9-28-37-25-8-7-22(33(3,4)5)15-26(25)38-28/h7-8,10-11,15,18-21,23,27,29-30,41-42H,6,9,12-14,16-17H2,1-5H3,(H,37,38)(H2,34,35,36)/t20-,21-,23+,27-,29-,30+/m1/s1. The lowest BCUT2D eigenvalue weighted by Gasteiger charge is -2.45. The van der Waals surface area contributed by atoms with Gasteiger partial charge in [0.2, 0.25) is 0 Å². The molecule has 226 valence electrons. The van der Waals surface area contributed by atoms with Crippen molar-refractivity contribution in [2.45, 2.75) is 96.4 Å². The molecule has 3 aromatic heterocycles. The molecule has 3 heterocycles. The van der Waals surface area contributed by atoms with Crippen molar-refractivity contribution in [2.75, 3.05) is 18.8 Å².